The fraction of sp³-hybridized carbons (Fsp3) is 0.200. The third kappa shape index (κ3) is 7.17. The normalized spacial score (nSPS) is 14.2. The third-order valence-electron chi connectivity index (χ3n) is 6.57. The minimum absolute atomic E-state index is 0.000283. The van der Waals surface area contributed by atoms with Crippen molar-refractivity contribution in [2.24, 2.45) is 4.99 Å². The van der Waals surface area contributed by atoms with Crippen LogP contribution in [0.4, 0.5) is 33.7 Å². The number of anilines is 2. The molecular formula is C30H24F4N6O5S. The Bertz CT molecular complexity index is 1840. The molecule has 0 aliphatic carbocycles. The van der Waals surface area contributed by atoms with E-state index in [0.717, 1.165) is 35.5 Å². The fourth-order valence-corrected chi connectivity index (χ4v) is 5.32. The Hall–Kier alpha value is -5.25. The van der Waals surface area contributed by atoms with E-state index in [1.54, 1.807) is 12.1 Å². The van der Waals surface area contributed by atoms with E-state index in [-0.39, 0.29) is 45.4 Å². The molecule has 238 valence electrons. The van der Waals surface area contributed by atoms with Crippen LogP contribution in [0.5, 0.6) is 5.75 Å². The molecule has 0 atom stereocenters. The summed E-state index contributed by atoms with van der Waals surface area (Å²) in [5.74, 6) is -2.10. The van der Waals surface area contributed by atoms with Gasteiger partial charge in [0, 0.05) is 5.56 Å². The number of aliphatic imine (C=N–C) groups is 1. The predicted molar refractivity (Wildman–Crippen MR) is 162 cm³/mol. The number of aromatic nitrogens is 3. The van der Waals surface area contributed by atoms with E-state index in [9.17, 15) is 27.6 Å². The van der Waals surface area contributed by atoms with Gasteiger partial charge in [0.1, 0.15) is 17.9 Å². The molecule has 46 heavy (non-hydrogen) atoms. The van der Waals surface area contributed by atoms with Crippen LogP contribution < -0.4 is 15.0 Å². The smallest absolute Gasteiger partial charge is 0.465 e. The molecule has 0 unspecified atom stereocenters. The maximum absolute atomic E-state index is 15.1. The Balaban J connectivity index is 1.33. The Morgan fingerprint density at radius 3 is 2.46 bits per heavy atom. The lowest BCUT2D eigenvalue weighted by atomic mass is 9.98. The van der Waals surface area contributed by atoms with Gasteiger partial charge in [0.25, 0.3) is 0 Å². The first-order valence-corrected chi connectivity index (χ1v) is 14.5. The first-order chi connectivity index (χ1) is 21.8. The van der Waals surface area contributed by atoms with Crippen LogP contribution >= 0.6 is 11.8 Å². The fourth-order valence-electron chi connectivity index (χ4n) is 4.46. The van der Waals surface area contributed by atoms with Crippen molar-refractivity contribution in [1.29, 1.82) is 0 Å². The number of hydrogen-bond donors (Lipinski definition) is 1. The predicted octanol–water partition coefficient (Wildman–Crippen LogP) is 6.55. The summed E-state index contributed by atoms with van der Waals surface area (Å²) in [4.78, 5) is 47.3. The molecule has 0 saturated carbocycles. The van der Waals surface area contributed by atoms with Crippen molar-refractivity contribution in [3.63, 3.8) is 0 Å². The molecule has 1 aliphatic heterocycles. The van der Waals surface area contributed by atoms with E-state index in [0.29, 0.717) is 11.4 Å². The number of urea groups is 1. The number of alkyl halides is 3. The molecule has 0 bridgehead atoms. The molecule has 1 aliphatic rings. The lowest BCUT2D eigenvalue weighted by molar-refractivity contribution is -0.274. The van der Waals surface area contributed by atoms with Gasteiger partial charge in [-0.1, -0.05) is 31.7 Å². The Morgan fingerprint density at radius 2 is 1.80 bits per heavy atom. The van der Waals surface area contributed by atoms with Crippen LogP contribution in [-0.4, -0.2) is 57.1 Å². The van der Waals surface area contributed by atoms with Crippen LogP contribution in [0, 0.1) is 5.82 Å². The van der Waals surface area contributed by atoms with Gasteiger partial charge in [0.15, 0.2) is 11.0 Å². The average Bonchev–Trinajstić information content (AvgIpc) is 3.64. The van der Waals surface area contributed by atoms with E-state index in [1.165, 1.54) is 53.4 Å². The van der Waals surface area contributed by atoms with Crippen LogP contribution in [0.3, 0.4) is 0 Å². The van der Waals surface area contributed by atoms with Gasteiger partial charge in [-0.2, -0.15) is 4.99 Å². The second-order valence-electron chi connectivity index (χ2n) is 10.0. The highest BCUT2D eigenvalue weighted by Crippen LogP contribution is 2.35. The topological polar surface area (TPSA) is 128 Å². The van der Waals surface area contributed by atoms with E-state index >= 15 is 4.39 Å². The number of ether oxygens (including phenoxy) is 2. The second kappa shape index (κ2) is 13.0. The van der Waals surface area contributed by atoms with Crippen LogP contribution in [0.2, 0.25) is 0 Å². The number of halogens is 4. The quantitative estimate of drug-likeness (QED) is 0.175. The Kier molecular flexibility index (Phi) is 9.09. The van der Waals surface area contributed by atoms with E-state index in [1.807, 2.05) is 13.8 Å². The van der Waals surface area contributed by atoms with Crippen molar-refractivity contribution in [3.8, 4) is 22.8 Å². The lowest BCUT2D eigenvalue weighted by Crippen LogP contribution is -2.31. The van der Waals surface area contributed by atoms with Gasteiger partial charge >= 0.3 is 18.4 Å². The maximum atomic E-state index is 15.1. The van der Waals surface area contributed by atoms with Gasteiger partial charge in [-0.15, -0.1) is 18.3 Å². The second-order valence-corrected chi connectivity index (χ2v) is 11.0. The van der Waals surface area contributed by atoms with E-state index in [4.69, 9.17) is 4.74 Å². The molecular weight excluding hydrogens is 632 g/mol. The van der Waals surface area contributed by atoms with Crippen molar-refractivity contribution < 1.29 is 41.4 Å². The zero-order valence-electron chi connectivity index (χ0n) is 24.3. The average molecular weight is 657 g/mol. The summed E-state index contributed by atoms with van der Waals surface area (Å²) in [6.45, 7) is 3.82. The van der Waals surface area contributed by atoms with Crippen LogP contribution in [-0.2, 0) is 9.53 Å². The summed E-state index contributed by atoms with van der Waals surface area (Å²) in [6.07, 6.45) is -3.52. The minimum Gasteiger partial charge on any atom is -0.465 e. The number of rotatable bonds is 7. The summed E-state index contributed by atoms with van der Waals surface area (Å²) in [7, 11) is 1.24. The van der Waals surface area contributed by atoms with Gasteiger partial charge in [-0.25, -0.2) is 23.6 Å². The van der Waals surface area contributed by atoms with Gasteiger partial charge < -0.3 is 14.8 Å². The summed E-state index contributed by atoms with van der Waals surface area (Å²) in [5.41, 5.74) is 1.77. The highest BCUT2D eigenvalue weighted by molar-refractivity contribution is 8.15. The number of hydrogen-bond acceptors (Lipinski definition) is 8. The molecule has 0 spiro atoms. The Morgan fingerprint density at radius 1 is 1.07 bits per heavy atom. The molecule has 1 aromatic heterocycles. The lowest BCUT2D eigenvalue weighted by Gasteiger charge is -2.22. The molecule has 1 fully saturated rings. The Labute approximate surface area is 263 Å². The van der Waals surface area contributed by atoms with Gasteiger partial charge in [-0.3, -0.25) is 9.69 Å². The molecule has 2 heterocycles. The zero-order valence-corrected chi connectivity index (χ0v) is 25.1. The van der Waals surface area contributed by atoms with Crippen molar-refractivity contribution in [1.82, 2.24) is 14.8 Å². The van der Waals surface area contributed by atoms with Crippen LogP contribution in [0.25, 0.3) is 17.1 Å². The van der Waals surface area contributed by atoms with Gasteiger partial charge in [-0.05, 0) is 66.1 Å². The SMILES string of the molecule is COC(=O)c1ccc(C(C)C)c(N2C(=O)CSC2=NC(=O)Nc2ccc(-c3ncn(-c4ccc(OC(F)(F)F)cc4)n3)cc2F)c1. The maximum Gasteiger partial charge on any atom is 0.573 e. The molecule has 1 saturated heterocycles. The van der Waals surface area contributed by atoms with E-state index < -0.39 is 29.9 Å². The number of carbonyl (C=O) groups excluding carboxylic acids is 3. The molecule has 1 N–H and O–H groups in total. The first-order valence-electron chi connectivity index (χ1n) is 13.5. The number of thioether (sulfide) groups is 1. The highest BCUT2D eigenvalue weighted by Gasteiger charge is 2.33. The number of esters is 1. The van der Waals surface area contributed by atoms with Crippen molar-refractivity contribution in [3.05, 3.63) is 83.9 Å². The molecule has 4 aromatic rings. The number of benzene rings is 3. The number of nitrogens with zero attached hydrogens (tertiary/aromatic N) is 5. The van der Waals surface area contributed by atoms with Crippen molar-refractivity contribution >= 4 is 46.2 Å². The van der Waals surface area contributed by atoms with Gasteiger partial charge in [0.2, 0.25) is 5.91 Å². The molecule has 0 radical (unpaired) electrons. The molecule has 11 nitrogen and oxygen atoms in total. The standard InChI is InChI=1S/C30H24F4N6O5S/c1-16(2)21-10-4-18(27(42)44-3)13-24(21)40-25(41)14-46-29(40)37-28(43)36-23-11-5-17(12-22(23)31)26-35-15-39(38-26)19-6-8-20(9-7-19)45-30(32,33)34/h4-13,15-16H,14H2,1-3H3,(H,36,43). The number of amidine groups is 1. The summed E-state index contributed by atoms with van der Waals surface area (Å²) in [6, 6.07) is 12.6. The third-order valence-corrected chi connectivity index (χ3v) is 7.50. The largest absolute Gasteiger partial charge is 0.573 e. The van der Waals surface area contributed by atoms with Crippen molar-refractivity contribution in [2.45, 2.75) is 26.1 Å². The molecule has 5 rings (SSSR count). The summed E-state index contributed by atoms with van der Waals surface area (Å²) in [5, 5.41) is 6.66. The molecule has 3 amide bonds. The molecule has 3 aromatic carbocycles. The number of nitrogens with one attached hydrogen (secondary N) is 1. The van der Waals surface area contributed by atoms with Crippen LogP contribution in [0.1, 0.15) is 35.7 Å². The monoisotopic (exact) mass is 656 g/mol. The number of amides is 3. The minimum atomic E-state index is -4.82. The van der Waals surface area contributed by atoms with Crippen LogP contribution in [0.15, 0.2) is 72.0 Å². The zero-order chi connectivity index (χ0) is 33.2. The first kappa shape index (κ1) is 32.2. The summed E-state index contributed by atoms with van der Waals surface area (Å²) >= 11 is 1.02. The molecule has 16 heteroatoms. The number of carbonyl (C=O) groups is 3. The summed E-state index contributed by atoms with van der Waals surface area (Å²) < 4.78 is 62.3. The van der Waals surface area contributed by atoms with Crippen molar-refractivity contribution in [2.75, 3.05) is 23.1 Å². The van der Waals surface area contributed by atoms with Gasteiger partial charge in [0.05, 0.1) is 35.5 Å². The number of methoxy groups -OCH3 is 1. The van der Waals surface area contributed by atoms with E-state index in [2.05, 4.69) is 25.1 Å². The highest BCUT2D eigenvalue weighted by atomic mass is 32.2.